The first-order valence-corrected chi connectivity index (χ1v) is 11.4. The van der Waals surface area contributed by atoms with Gasteiger partial charge in [-0.2, -0.15) is 5.10 Å². The smallest absolute Gasteiger partial charge is 0.276 e. The highest BCUT2D eigenvalue weighted by Crippen LogP contribution is 2.27. The van der Waals surface area contributed by atoms with E-state index in [1.54, 1.807) is 12.1 Å². The zero-order valence-electron chi connectivity index (χ0n) is 18.9. The molecule has 1 saturated heterocycles. The van der Waals surface area contributed by atoms with Crippen LogP contribution in [0.3, 0.4) is 0 Å². The highest BCUT2D eigenvalue weighted by atomic mass is 16.2. The molecule has 3 aromatic rings. The van der Waals surface area contributed by atoms with E-state index < -0.39 is 0 Å². The van der Waals surface area contributed by atoms with E-state index >= 15 is 0 Å². The third kappa shape index (κ3) is 4.67. The minimum Gasteiger partial charge on any atom is -0.367 e. The Labute approximate surface area is 188 Å². The summed E-state index contributed by atoms with van der Waals surface area (Å²) in [5.74, 6) is -0.299. The molecule has 0 radical (unpaired) electrons. The van der Waals surface area contributed by atoms with Crippen LogP contribution in [-0.4, -0.2) is 53.8 Å². The van der Waals surface area contributed by atoms with Crippen molar-refractivity contribution >= 4 is 28.1 Å². The van der Waals surface area contributed by atoms with Crippen molar-refractivity contribution in [1.29, 1.82) is 0 Å². The molecule has 1 aliphatic rings. The lowest BCUT2D eigenvalue weighted by atomic mass is 10.1. The van der Waals surface area contributed by atoms with Gasteiger partial charge in [0, 0.05) is 38.1 Å². The number of rotatable bonds is 7. The second-order valence-electron chi connectivity index (χ2n) is 8.39. The number of nitrogens with one attached hydrogen (secondary N) is 1. The molecule has 1 amide bonds. The number of carbonyl (C=O) groups is 1. The quantitative estimate of drug-likeness (QED) is 0.577. The fraction of sp³-hybridized carbons (Fsp3) is 0.400. The van der Waals surface area contributed by atoms with E-state index in [0.29, 0.717) is 17.3 Å². The van der Waals surface area contributed by atoms with Crippen molar-refractivity contribution in [2.75, 3.05) is 43.4 Å². The minimum absolute atomic E-state index is 0.147. The number of anilines is 2. The molecule has 0 unspecified atom stereocenters. The van der Waals surface area contributed by atoms with Gasteiger partial charge in [0.2, 0.25) is 0 Å². The topological polar surface area (TPSA) is 70.5 Å². The first kappa shape index (κ1) is 22.0. The first-order valence-electron chi connectivity index (χ1n) is 11.4. The number of hydrogen-bond acceptors (Lipinski definition) is 5. The van der Waals surface area contributed by atoms with E-state index in [2.05, 4.69) is 34.2 Å². The Kier molecular flexibility index (Phi) is 6.85. The fourth-order valence-corrected chi connectivity index (χ4v) is 4.15. The van der Waals surface area contributed by atoms with Crippen molar-refractivity contribution in [1.82, 2.24) is 14.7 Å². The highest BCUT2D eigenvalue weighted by molar-refractivity contribution is 6.12. The summed E-state index contributed by atoms with van der Waals surface area (Å²) in [4.78, 5) is 30.9. The lowest BCUT2D eigenvalue weighted by molar-refractivity contribution is 0.102. The molecule has 0 atom stereocenters. The van der Waals surface area contributed by atoms with E-state index in [9.17, 15) is 9.59 Å². The average Bonchev–Trinajstić information content (AvgIpc) is 2.82. The Balaban J connectivity index is 1.66. The maximum Gasteiger partial charge on any atom is 0.276 e. The number of nitrogens with zero attached hydrogens (tertiary/aromatic N) is 4. The predicted octanol–water partition coefficient (Wildman–Crippen LogP) is 3.59. The van der Waals surface area contributed by atoms with Crippen molar-refractivity contribution in [3.63, 3.8) is 0 Å². The van der Waals surface area contributed by atoms with Gasteiger partial charge >= 0.3 is 0 Å². The summed E-state index contributed by atoms with van der Waals surface area (Å²) >= 11 is 0. The summed E-state index contributed by atoms with van der Waals surface area (Å²) in [6.45, 7) is 6.41. The zero-order chi connectivity index (χ0) is 22.5. The van der Waals surface area contributed by atoms with Gasteiger partial charge in [-0.3, -0.25) is 9.59 Å². The summed E-state index contributed by atoms with van der Waals surface area (Å²) in [6.07, 6.45) is 2.93. The van der Waals surface area contributed by atoms with Gasteiger partial charge in [-0.25, -0.2) is 4.68 Å². The molecule has 1 N–H and O–H groups in total. The number of aromatic nitrogens is 2. The monoisotopic (exact) mass is 433 g/mol. The zero-order valence-corrected chi connectivity index (χ0v) is 18.9. The lowest BCUT2D eigenvalue weighted by Crippen LogP contribution is -2.44. The number of benzene rings is 2. The van der Waals surface area contributed by atoms with E-state index in [1.165, 1.54) is 4.68 Å². The predicted molar refractivity (Wildman–Crippen MR) is 130 cm³/mol. The molecule has 0 aliphatic carbocycles. The molecule has 0 spiro atoms. The number of aryl methyl sites for hydroxylation is 1. The normalized spacial score (nSPS) is 14.6. The Morgan fingerprint density at radius 3 is 2.41 bits per heavy atom. The van der Waals surface area contributed by atoms with E-state index in [4.69, 9.17) is 0 Å². The highest BCUT2D eigenvalue weighted by Gasteiger charge is 2.21. The summed E-state index contributed by atoms with van der Waals surface area (Å²) in [7, 11) is 2.12. The molecule has 1 aliphatic heterocycles. The standard InChI is InChI=1S/C25H31N5O2/c1-3-4-9-14-30-25(32)20-11-6-5-10-19(20)23(27-30)24(31)26-21-12-7-8-13-22(21)29-17-15-28(2)16-18-29/h5-8,10-13H,3-4,9,14-18H2,1-2H3,(H,26,31). The van der Waals surface area contributed by atoms with Gasteiger partial charge in [0.25, 0.3) is 11.5 Å². The Morgan fingerprint density at radius 2 is 1.66 bits per heavy atom. The van der Waals surface area contributed by atoms with Crippen molar-refractivity contribution < 1.29 is 4.79 Å². The fourth-order valence-electron chi connectivity index (χ4n) is 4.15. The van der Waals surface area contributed by atoms with Crippen LogP contribution in [-0.2, 0) is 6.54 Å². The van der Waals surface area contributed by atoms with Gasteiger partial charge in [-0.15, -0.1) is 0 Å². The third-order valence-corrected chi connectivity index (χ3v) is 6.05. The number of amides is 1. The summed E-state index contributed by atoms with van der Waals surface area (Å²) in [5.41, 5.74) is 1.90. The molecule has 7 heteroatoms. The Bertz CT molecular complexity index is 1150. The molecule has 2 aromatic carbocycles. The Morgan fingerprint density at radius 1 is 0.969 bits per heavy atom. The number of piperazine rings is 1. The van der Waals surface area contributed by atoms with Crippen LogP contribution >= 0.6 is 0 Å². The molecule has 1 fully saturated rings. The molecular formula is C25H31N5O2. The molecule has 2 heterocycles. The molecule has 0 bridgehead atoms. The van der Waals surface area contributed by atoms with E-state index in [1.807, 2.05) is 36.4 Å². The van der Waals surface area contributed by atoms with Crippen LogP contribution in [0.1, 0.15) is 36.7 Å². The average molecular weight is 434 g/mol. The van der Waals surface area contributed by atoms with Gasteiger partial charge in [0.1, 0.15) is 0 Å². The van der Waals surface area contributed by atoms with Crippen LogP contribution in [0.25, 0.3) is 10.8 Å². The van der Waals surface area contributed by atoms with Crippen molar-refractivity contribution in [2.45, 2.75) is 32.7 Å². The van der Waals surface area contributed by atoms with Crippen molar-refractivity contribution in [3.8, 4) is 0 Å². The van der Waals surface area contributed by atoms with Gasteiger partial charge in [-0.05, 0) is 31.7 Å². The molecular weight excluding hydrogens is 402 g/mol. The number of para-hydroxylation sites is 2. The van der Waals surface area contributed by atoms with Gasteiger partial charge in [0.05, 0.1) is 16.8 Å². The molecule has 168 valence electrons. The second-order valence-corrected chi connectivity index (χ2v) is 8.39. The number of fused-ring (bicyclic) bond motifs is 1. The Hall–Kier alpha value is -3.19. The van der Waals surface area contributed by atoms with Crippen LogP contribution < -0.4 is 15.8 Å². The molecule has 7 nitrogen and oxygen atoms in total. The molecule has 1 aromatic heterocycles. The van der Waals surface area contributed by atoms with E-state index in [0.717, 1.165) is 56.8 Å². The van der Waals surface area contributed by atoms with E-state index in [-0.39, 0.29) is 17.2 Å². The minimum atomic E-state index is -0.299. The van der Waals surface area contributed by atoms with Crippen LogP contribution in [0.4, 0.5) is 11.4 Å². The first-order chi connectivity index (χ1) is 15.6. The summed E-state index contributed by atoms with van der Waals surface area (Å²) < 4.78 is 1.44. The van der Waals surface area contributed by atoms with Crippen LogP contribution in [0.15, 0.2) is 53.3 Å². The largest absolute Gasteiger partial charge is 0.367 e. The van der Waals surface area contributed by atoms with Gasteiger partial charge in [0.15, 0.2) is 5.69 Å². The number of likely N-dealkylation sites (N-methyl/N-ethyl adjacent to an activating group) is 1. The number of carbonyl (C=O) groups excluding carboxylic acids is 1. The van der Waals surface area contributed by atoms with Gasteiger partial charge < -0.3 is 15.1 Å². The van der Waals surface area contributed by atoms with Crippen LogP contribution in [0, 0.1) is 0 Å². The van der Waals surface area contributed by atoms with Crippen molar-refractivity contribution in [3.05, 3.63) is 64.6 Å². The third-order valence-electron chi connectivity index (χ3n) is 6.05. The summed E-state index contributed by atoms with van der Waals surface area (Å²) in [6, 6.07) is 15.1. The molecule has 0 saturated carbocycles. The number of unbranched alkanes of at least 4 members (excludes halogenated alkanes) is 2. The maximum atomic E-state index is 13.4. The van der Waals surface area contributed by atoms with Gasteiger partial charge in [-0.1, -0.05) is 50.1 Å². The lowest BCUT2D eigenvalue weighted by Gasteiger charge is -2.35. The number of hydrogen-bond donors (Lipinski definition) is 1. The van der Waals surface area contributed by atoms with Crippen molar-refractivity contribution in [2.24, 2.45) is 0 Å². The SMILES string of the molecule is CCCCCn1nc(C(=O)Nc2ccccc2N2CCN(C)CC2)c2ccccc2c1=O. The van der Waals surface area contributed by atoms with Crippen LogP contribution in [0.5, 0.6) is 0 Å². The molecule has 4 rings (SSSR count). The summed E-state index contributed by atoms with van der Waals surface area (Å²) in [5, 5.41) is 8.67. The second kappa shape index (κ2) is 9.96. The molecule has 32 heavy (non-hydrogen) atoms. The van der Waals surface area contributed by atoms with Crippen LogP contribution in [0.2, 0.25) is 0 Å². The maximum absolute atomic E-state index is 13.4.